The van der Waals surface area contributed by atoms with Crippen molar-refractivity contribution in [1.82, 2.24) is 9.97 Å². The Morgan fingerprint density at radius 2 is 1.88 bits per heavy atom. The van der Waals surface area contributed by atoms with E-state index in [1.807, 2.05) is 18.2 Å². The maximum atomic E-state index is 6.07. The fourth-order valence-electron chi connectivity index (χ4n) is 1.43. The van der Waals surface area contributed by atoms with Gasteiger partial charge in [0.05, 0.1) is 5.88 Å². The molecule has 0 atom stereocenters. The van der Waals surface area contributed by atoms with E-state index in [0.29, 0.717) is 22.3 Å². The first kappa shape index (κ1) is 11.8. The molecule has 0 aliphatic rings. The van der Waals surface area contributed by atoms with Gasteiger partial charge in [-0.05, 0) is 17.7 Å². The summed E-state index contributed by atoms with van der Waals surface area (Å²) in [5.41, 5.74) is 1.76. The number of rotatable bonds is 3. The van der Waals surface area contributed by atoms with Crippen LogP contribution < -0.4 is 0 Å². The van der Waals surface area contributed by atoms with Crippen LogP contribution in [0.25, 0.3) is 0 Å². The van der Waals surface area contributed by atoms with Crippen molar-refractivity contribution >= 4 is 34.8 Å². The van der Waals surface area contributed by atoms with Crippen LogP contribution in [0.4, 0.5) is 0 Å². The van der Waals surface area contributed by atoms with Crippen LogP contribution in [0.15, 0.2) is 24.4 Å². The first-order chi connectivity index (χ1) is 7.70. The number of nitrogens with one attached hydrogen (secondary N) is 1. The molecule has 0 bridgehead atoms. The predicted molar refractivity (Wildman–Crippen MR) is 67.4 cm³/mol. The summed E-state index contributed by atoms with van der Waals surface area (Å²) in [6, 6.07) is 5.45. The van der Waals surface area contributed by atoms with Crippen LogP contribution in [0.5, 0.6) is 0 Å². The molecule has 0 fully saturated rings. The molecule has 2 aromatic rings. The fraction of sp³-hybridized carbons (Fsp3) is 0.182. The minimum atomic E-state index is 0.420. The number of aromatic nitrogens is 2. The first-order valence-corrected chi connectivity index (χ1v) is 6.01. The molecule has 84 valence electrons. The van der Waals surface area contributed by atoms with E-state index in [1.165, 1.54) is 0 Å². The summed E-state index contributed by atoms with van der Waals surface area (Å²) in [4.78, 5) is 7.31. The molecule has 0 spiro atoms. The number of hydrogen-bond acceptors (Lipinski definition) is 1. The molecule has 1 aromatic heterocycles. The Morgan fingerprint density at radius 1 is 1.19 bits per heavy atom. The second-order valence-corrected chi connectivity index (χ2v) is 4.45. The average molecular weight is 276 g/mol. The van der Waals surface area contributed by atoms with E-state index < -0.39 is 0 Å². The van der Waals surface area contributed by atoms with Crippen molar-refractivity contribution in [3.8, 4) is 0 Å². The van der Waals surface area contributed by atoms with Gasteiger partial charge in [-0.2, -0.15) is 0 Å². The van der Waals surface area contributed by atoms with Gasteiger partial charge in [-0.1, -0.05) is 29.3 Å². The minimum Gasteiger partial charge on any atom is -0.345 e. The Kier molecular flexibility index (Phi) is 3.74. The molecular weight excluding hydrogens is 266 g/mol. The summed E-state index contributed by atoms with van der Waals surface area (Å²) in [6.07, 6.45) is 2.29. The van der Waals surface area contributed by atoms with Crippen LogP contribution in [0.1, 0.15) is 17.1 Å². The SMILES string of the molecule is ClCc1cnc(Cc2c(Cl)cccc2Cl)[nH]1. The topological polar surface area (TPSA) is 28.7 Å². The van der Waals surface area contributed by atoms with E-state index in [4.69, 9.17) is 34.8 Å². The highest BCUT2D eigenvalue weighted by molar-refractivity contribution is 6.36. The molecule has 0 amide bonds. The van der Waals surface area contributed by atoms with Crippen LogP contribution in [-0.2, 0) is 12.3 Å². The van der Waals surface area contributed by atoms with Gasteiger partial charge in [-0.3, -0.25) is 0 Å². The second-order valence-electron chi connectivity index (χ2n) is 3.37. The molecule has 5 heteroatoms. The minimum absolute atomic E-state index is 0.420. The van der Waals surface area contributed by atoms with Gasteiger partial charge in [0.1, 0.15) is 5.82 Å². The molecule has 1 aromatic carbocycles. The van der Waals surface area contributed by atoms with E-state index in [-0.39, 0.29) is 0 Å². The molecule has 0 radical (unpaired) electrons. The number of nitrogens with zero attached hydrogens (tertiary/aromatic N) is 1. The van der Waals surface area contributed by atoms with Crippen molar-refractivity contribution in [2.24, 2.45) is 0 Å². The Bertz CT molecular complexity index is 473. The van der Waals surface area contributed by atoms with Gasteiger partial charge in [0.15, 0.2) is 0 Å². The van der Waals surface area contributed by atoms with Crippen molar-refractivity contribution < 1.29 is 0 Å². The Balaban J connectivity index is 2.26. The number of halogens is 3. The van der Waals surface area contributed by atoms with Crippen molar-refractivity contribution in [1.29, 1.82) is 0 Å². The summed E-state index contributed by atoms with van der Waals surface area (Å²) in [6.45, 7) is 0. The zero-order valence-corrected chi connectivity index (χ0v) is 10.6. The van der Waals surface area contributed by atoms with Crippen LogP contribution in [0.2, 0.25) is 10.0 Å². The van der Waals surface area contributed by atoms with Gasteiger partial charge in [0.2, 0.25) is 0 Å². The normalized spacial score (nSPS) is 10.7. The van der Waals surface area contributed by atoms with Crippen molar-refractivity contribution in [3.05, 3.63) is 51.5 Å². The molecule has 2 nitrogen and oxygen atoms in total. The van der Waals surface area contributed by atoms with E-state index in [1.54, 1.807) is 6.20 Å². The number of alkyl halides is 1. The second kappa shape index (κ2) is 5.09. The first-order valence-electron chi connectivity index (χ1n) is 4.72. The Hall–Kier alpha value is -0.700. The number of aromatic amines is 1. The van der Waals surface area contributed by atoms with E-state index in [0.717, 1.165) is 17.1 Å². The lowest BCUT2D eigenvalue weighted by atomic mass is 10.1. The van der Waals surface area contributed by atoms with Crippen LogP contribution in [-0.4, -0.2) is 9.97 Å². The zero-order valence-electron chi connectivity index (χ0n) is 8.30. The smallest absolute Gasteiger partial charge is 0.110 e. The number of H-pyrrole nitrogens is 1. The Morgan fingerprint density at radius 3 is 2.44 bits per heavy atom. The lowest BCUT2D eigenvalue weighted by Gasteiger charge is -2.04. The van der Waals surface area contributed by atoms with Crippen molar-refractivity contribution in [3.63, 3.8) is 0 Å². The molecule has 0 saturated carbocycles. The highest BCUT2D eigenvalue weighted by Crippen LogP contribution is 2.26. The largest absolute Gasteiger partial charge is 0.345 e. The molecule has 16 heavy (non-hydrogen) atoms. The lowest BCUT2D eigenvalue weighted by molar-refractivity contribution is 1.01. The van der Waals surface area contributed by atoms with Crippen LogP contribution >= 0.6 is 34.8 Å². The van der Waals surface area contributed by atoms with Crippen molar-refractivity contribution in [2.75, 3.05) is 0 Å². The number of hydrogen-bond donors (Lipinski definition) is 1. The van der Waals surface area contributed by atoms with Gasteiger partial charge >= 0.3 is 0 Å². The van der Waals surface area contributed by atoms with Gasteiger partial charge in [-0.25, -0.2) is 4.98 Å². The van der Waals surface area contributed by atoms with Gasteiger partial charge in [-0.15, -0.1) is 11.6 Å². The third-order valence-corrected chi connectivity index (χ3v) is 3.23. The monoisotopic (exact) mass is 274 g/mol. The lowest BCUT2D eigenvalue weighted by Crippen LogP contribution is -1.93. The highest BCUT2D eigenvalue weighted by atomic mass is 35.5. The number of imidazole rings is 1. The summed E-state index contributed by atoms with van der Waals surface area (Å²) in [5, 5.41) is 1.30. The standard InChI is InChI=1S/C11H9Cl3N2/c12-5-7-6-15-11(16-7)4-8-9(13)2-1-3-10(8)14/h1-3,6H,4-5H2,(H,15,16). The Labute approximate surface area is 109 Å². The predicted octanol–water partition coefficient (Wildman–Crippen LogP) is 4.05. The third kappa shape index (κ3) is 2.51. The summed E-state index contributed by atoms with van der Waals surface area (Å²) in [7, 11) is 0. The fourth-order valence-corrected chi connectivity index (χ4v) is 2.10. The molecule has 2 rings (SSSR count). The highest BCUT2D eigenvalue weighted by Gasteiger charge is 2.08. The molecule has 0 aliphatic carbocycles. The number of benzene rings is 1. The van der Waals surface area contributed by atoms with Crippen LogP contribution in [0.3, 0.4) is 0 Å². The van der Waals surface area contributed by atoms with Crippen LogP contribution in [0, 0.1) is 0 Å². The quantitative estimate of drug-likeness (QED) is 0.841. The van der Waals surface area contributed by atoms with Crippen molar-refractivity contribution in [2.45, 2.75) is 12.3 Å². The molecule has 1 N–H and O–H groups in total. The van der Waals surface area contributed by atoms with E-state index in [9.17, 15) is 0 Å². The molecular formula is C11H9Cl3N2. The molecule has 0 unspecified atom stereocenters. The summed E-state index contributed by atoms with van der Waals surface area (Å²) >= 11 is 17.8. The molecule has 0 aliphatic heterocycles. The van der Waals surface area contributed by atoms with E-state index >= 15 is 0 Å². The van der Waals surface area contributed by atoms with Gasteiger partial charge in [0, 0.05) is 28.4 Å². The summed E-state index contributed by atoms with van der Waals surface area (Å²) in [5.74, 6) is 1.23. The molecule has 0 saturated heterocycles. The maximum Gasteiger partial charge on any atom is 0.110 e. The molecule has 1 heterocycles. The summed E-state index contributed by atoms with van der Waals surface area (Å²) < 4.78 is 0. The third-order valence-electron chi connectivity index (χ3n) is 2.23. The zero-order chi connectivity index (χ0) is 11.5. The van der Waals surface area contributed by atoms with Gasteiger partial charge < -0.3 is 4.98 Å². The maximum absolute atomic E-state index is 6.07. The van der Waals surface area contributed by atoms with Gasteiger partial charge in [0.25, 0.3) is 0 Å². The van der Waals surface area contributed by atoms with E-state index in [2.05, 4.69) is 9.97 Å². The average Bonchev–Trinajstić information content (AvgIpc) is 2.71.